The lowest BCUT2D eigenvalue weighted by molar-refractivity contribution is 0.724. The fraction of sp³-hybridized carbons (Fsp3) is 0.167. The third-order valence-electron chi connectivity index (χ3n) is 3.77. The van der Waals surface area contributed by atoms with Crippen molar-refractivity contribution in [2.75, 3.05) is 5.43 Å². The largest absolute Gasteiger partial charge is 0.277 e. The van der Waals surface area contributed by atoms with Crippen LogP contribution in [0.5, 0.6) is 0 Å². The number of hydrogen-bond acceptors (Lipinski definition) is 4. The molecule has 3 aromatic rings. The monoisotopic (exact) mass is 340 g/mol. The van der Waals surface area contributed by atoms with Crippen LogP contribution in [0.25, 0.3) is 10.9 Å². The predicted molar refractivity (Wildman–Crippen MR) is 99.0 cm³/mol. The Bertz CT molecular complexity index is 978. The number of halogens is 1. The summed E-state index contributed by atoms with van der Waals surface area (Å²) in [6.45, 7) is 4.25. The standard InChI is InChI=1S/C18H17ClN4O/c1-3-23-17(24)14-9-5-7-11-16(14)20-18(23)22-21-12(2)13-8-4-6-10-15(13)19/h4-11H,3H2,1-2H3,(H,20,22)/b21-12-. The predicted octanol–water partition coefficient (Wildman–Crippen LogP) is 3.91. The number of anilines is 1. The highest BCUT2D eigenvalue weighted by molar-refractivity contribution is 6.34. The molecular formula is C18H17ClN4O. The van der Waals surface area contributed by atoms with Crippen molar-refractivity contribution in [1.29, 1.82) is 0 Å². The van der Waals surface area contributed by atoms with Crippen molar-refractivity contribution in [3.8, 4) is 0 Å². The molecule has 3 rings (SSSR count). The Hall–Kier alpha value is -2.66. The van der Waals surface area contributed by atoms with E-state index in [1.54, 1.807) is 10.6 Å². The molecule has 1 heterocycles. The van der Waals surface area contributed by atoms with Crippen molar-refractivity contribution in [3.05, 3.63) is 69.5 Å². The van der Waals surface area contributed by atoms with E-state index in [0.717, 1.165) is 5.56 Å². The molecule has 2 aromatic carbocycles. The molecule has 0 spiro atoms. The molecule has 0 radical (unpaired) electrons. The Morgan fingerprint density at radius 1 is 1.21 bits per heavy atom. The second-order valence-electron chi connectivity index (χ2n) is 5.29. The van der Waals surface area contributed by atoms with Gasteiger partial charge in [-0.25, -0.2) is 10.4 Å². The van der Waals surface area contributed by atoms with Gasteiger partial charge in [-0.2, -0.15) is 5.10 Å². The van der Waals surface area contributed by atoms with Gasteiger partial charge in [0.15, 0.2) is 0 Å². The molecule has 0 aliphatic heterocycles. The number of hydrazone groups is 1. The highest BCUT2D eigenvalue weighted by atomic mass is 35.5. The molecule has 0 saturated heterocycles. The number of nitrogens with zero attached hydrogens (tertiary/aromatic N) is 3. The minimum atomic E-state index is -0.0869. The molecule has 0 bridgehead atoms. The first-order valence-corrected chi connectivity index (χ1v) is 8.04. The zero-order chi connectivity index (χ0) is 17.1. The fourth-order valence-corrected chi connectivity index (χ4v) is 2.77. The van der Waals surface area contributed by atoms with Gasteiger partial charge >= 0.3 is 0 Å². The van der Waals surface area contributed by atoms with E-state index in [2.05, 4.69) is 15.5 Å². The highest BCUT2D eigenvalue weighted by Gasteiger charge is 2.09. The zero-order valence-electron chi connectivity index (χ0n) is 13.5. The lowest BCUT2D eigenvalue weighted by Crippen LogP contribution is -2.23. The molecule has 0 amide bonds. The highest BCUT2D eigenvalue weighted by Crippen LogP contribution is 2.16. The summed E-state index contributed by atoms with van der Waals surface area (Å²) >= 11 is 6.18. The van der Waals surface area contributed by atoms with E-state index in [1.165, 1.54) is 0 Å². The van der Waals surface area contributed by atoms with Crippen LogP contribution >= 0.6 is 11.6 Å². The molecule has 0 fully saturated rings. The van der Waals surface area contributed by atoms with E-state index in [-0.39, 0.29) is 5.56 Å². The van der Waals surface area contributed by atoms with Crippen LogP contribution in [0.4, 0.5) is 5.95 Å². The van der Waals surface area contributed by atoms with Gasteiger partial charge in [0.25, 0.3) is 5.56 Å². The summed E-state index contributed by atoms with van der Waals surface area (Å²) in [5, 5.41) is 5.56. The van der Waals surface area contributed by atoms with Gasteiger partial charge in [0.1, 0.15) is 0 Å². The summed E-state index contributed by atoms with van der Waals surface area (Å²) in [6.07, 6.45) is 0. The van der Waals surface area contributed by atoms with Crippen LogP contribution in [0, 0.1) is 0 Å². The number of nitrogens with one attached hydrogen (secondary N) is 1. The van der Waals surface area contributed by atoms with Crippen molar-refractivity contribution in [1.82, 2.24) is 9.55 Å². The summed E-state index contributed by atoms with van der Waals surface area (Å²) in [6, 6.07) is 14.7. The van der Waals surface area contributed by atoms with Crippen LogP contribution in [-0.2, 0) is 6.54 Å². The van der Waals surface area contributed by atoms with Crippen molar-refractivity contribution in [3.63, 3.8) is 0 Å². The molecule has 0 aliphatic rings. The van der Waals surface area contributed by atoms with Crippen LogP contribution in [0.15, 0.2) is 58.4 Å². The van der Waals surface area contributed by atoms with Crippen LogP contribution in [0.1, 0.15) is 19.4 Å². The second-order valence-corrected chi connectivity index (χ2v) is 5.70. The van der Waals surface area contributed by atoms with E-state index in [4.69, 9.17) is 11.6 Å². The molecule has 0 atom stereocenters. The van der Waals surface area contributed by atoms with Crippen molar-refractivity contribution in [2.45, 2.75) is 20.4 Å². The van der Waals surface area contributed by atoms with Gasteiger partial charge in [-0.3, -0.25) is 9.36 Å². The molecule has 0 aliphatic carbocycles. The number of fused-ring (bicyclic) bond motifs is 1. The van der Waals surface area contributed by atoms with Crippen LogP contribution in [0.3, 0.4) is 0 Å². The Morgan fingerprint density at radius 3 is 2.67 bits per heavy atom. The smallest absolute Gasteiger partial charge is 0.262 e. The Labute approximate surface area is 144 Å². The average Bonchev–Trinajstić information content (AvgIpc) is 2.60. The maximum Gasteiger partial charge on any atom is 0.262 e. The lowest BCUT2D eigenvalue weighted by Gasteiger charge is -2.11. The molecule has 1 N–H and O–H groups in total. The number of aromatic nitrogens is 2. The summed E-state index contributed by atoms with van der Waals surface area (Å²) in [4.78, 5) is 17.1. The molecule has 1 aromatic heterocycles. The Morgan fingerprint density at radius 2 is 1.92 bits per heavy atom. The van der Waals surface area contributed by atoms with Gasteiger partial charge in [-0.05, 0) is 32.0 Å². The third-order valence-corrected chi connectivity index (χ3v) is 4.09. The van der Waals surface area contributed by atoms with Crippen molar-refractivity contribution < 1.29 is 0 Å². The quantitative estimate of drug-likeness (QED) is 0.578. The average molecular weight is 341 g/mol. The topological polar surface area (TPSA) is 59.3 Å². The molecule has 0 unspecified atom stereocenters. The Balaban J connectivity index is 2.02. The van der Waals surface area contributed by atoms with Crippen LogP contribution < -0.4 is 11.0 Å². The minimum Gasteiger partial charge on any atom is -0.277 e. The van der Waals surface area contributed by atoms with Gasteiger partial charge in [0.05, 0.1) is 16.6 Å². The fourth-order valence-electron chi connectivity index (χ4n) is 2.50. The van der Waals surface area contributed by atoms with Crippen molar-refractivity contribution >= 4 is 34.2 Å². The summed E-state index contributed by atoms with van der Waals surface area (Å²) in [5.74, 6) is 0.410. The van der Waals surface area contributed by atoms with E-state index >= 15 is 0 Å². The third kappa shape index (κ3) is 3.03. The van der Waals surface area contributed by atoms with Crippen LogP contribution in [-0.4, -0.2) is 15.3 Å². The number of hydrogen-bond donors (Lipinski definition) is 1. The molecule has 24 heavy (non-hydrogen) atoms. The first kappa shape index (κ1) is 16.2. The Kier molecular flexibility index (Phi) is 4.62. The number of benzene rings is 2. The molecule has 122 valence electrons. The summed E-state index contributed by atoms with van der Waals surface area (Å²) < 4.78 is 1.56. The molecule has 5 nitrogen and oxygen atoms in total. The van der Waals surface area contributed by atoms with Gasteiger partial charge in [0.2, 0.25) is 5.95 Å². The maximum atomic E-state index is 12.6. The van der Waals surface area contributed by atoms with Gasteiger partial charge in [-0.1, -0.05) is 41.9 Å². The number of rotatable bonds is 4. The first-order chi connectivity index (χ1) is 11.6. The van der Waals surface area contributed by atoms with E-state index in [0.29, 0.717) is 34.1 Å². The van der Waals surface area contributed by atoms with E-state index < -0.39 is 0 Å². The molecule has 6 heteroatoms. The maximum absolute atomic E-state index is 12.6. The summed E-state index contributed by atoms with van der Waals surface area (Å²) in [5.41, 5.74) is 5.00. The molecule has 0 saturated carbocycles. The number of para-hydroxylation sites is 1. The van der Waals surface area contributed by atoms with E-state index in [1.807, 2.05) is 56.3 Å². The van der Waals surface area contributed by atoms with Gasteiger partial charge in [0, 0.05) is 17.1 Å². The van der Waals surface area contributed by atoms with Gasteiger partial charge in [-0.15, -0.1) is 0 Å². The second kappa shape index (κ2) is 6.84. The summed E-state index contributed by atoms with van der Waals surface area (Å²) in [7, 11) is 0. The molecular weight excluding hydrogens is 324 g/mol. The lowest BCUT2D eigenvalue weighted by atomic mass is 10.1. The van der Waals surface area contributed by atoms with E-state index in [9.17, 15) is 4.79 Å². The normalized spacial score (nSPS) is 11.7. The SMILES string of the molecule is CCn1c(N/N=C(/C)c2ccccc2Cl)nc2ccccc2c1=O. The van der Waals surface area contributed by atoms with Crippen LogP contribution in [0.2, 0.25) is 5.02 Å². The van der Waals surface area contributed by atoms with Crippen molar-refractivity contribution in [2.24, 2.45) is 5.10 Å². The van der Waals surface area contributed by atoms with Gasteiger partial charge < -0.3 is 0 Å². The first-order valence-electron chi connectivity index (χ1n) is 7.66. The zero-order valence-corrected chi connectivity index (χ0v) is 14.2. The minimum absolute atomic E-state index is 0.0869.